The zero-order valence-corrected chi connectivity index (χ0v) is 15.2. The van der Waals surface area contributed by atoms with Crippen molar-refractivity contribution in [2.45, 2.75) is 25.8 Å². The van der Waals surface area contributed by atoms with Gasteiger partial charge in [0.2, 0.25) is 5.91 Å². The van der Waals surface area contributed by atoms with Crippen LogP contribution in [0.2, 0.25) is 0 Å². The number of hydrogen-bond acceptors (Lipinski definition) is 3. The molecule has 6 heteroatoms. The van der Waals surface area contributed by atoms with Gasteiger partial charge in [-0.2, -0.15) is 0 Å². The lowest BCUT2D eigenvalue weighted by Gasteiger charge is -2.23. The molecule has 0 bridgehead atoms. The number of nitrogens with one attached hydrogen (secondary N) is 2. The Morgan fingerprint density at radius 3 is 2.15 bits per heavy atom. The van der Waals surface area contributed by atoms with Crippen LogP contribution in [0.15, 0.2) is 60.7 Å². The number of carboxylic acid groups (broad SMARTS) is 1. The lowest BCUT2D eigenvalue weighted by Crippen LogP contribution is -2.36. The Morgan fingerprint density at radius 1 is 0.963 bits per heavy atom. The largest absolute Gasteiger partial charge is 0.481 e. The maximum absolute atomic E-state index is 12.3. The van der Waals surface area contributed by atoms with Crippen molar-refractivity contribution in [3.63, 3.8) is 0 Å². The summed E-state index contributed by atoms with van der Waals surface area (Å²) in [6, 6.07) is 17.3. The van der Waals surface area contributed by atoms with Crippen molar-refractivity contribution in [1.82, 2.24) is 10.6 Å². The molecule has 0 heterocycles. The Labute approximate surface area is 158 Å². The van der Waals surface area contributed by atoms with Gasteiger partial charge < -0.3 is 15.7 Å². The second-order valence-corrected chi connectivity index (χ2v) is 6.31. The SMILES string of the molecule is CC(C(=O)O)C(NC(=O)CCCNC(=O)c1ccccc1)c1ccccc1. The van der Waals surface area contributed by atoms with Crippen LogP contribution in [0.25, 0.3) is 0 Å². The molecule has 0 aliphatic rings. The van der Waals surface area contributed by atoms with Crippen molar-refractivity contribution in [1.29, 1.82) is 0 Å². The van der Waals surface area contributed by atoms with E-state index in [0.717, 1.165) is 5.56 Å². The molecule has 0 saturated heterocycles. The summed E-state index contributed by atoms with van der Waals surface area (Å²) in [5.74, 6) is -2.16. The van der Waals surface area contributed by atoms with Crippen LogP contribution in [0.5, 0.6) is 0 Å². The number of amides is 2. The summed E-state index contributed by atoms with van der Waals surface area (Å²) in [5.41, 5.74) is 1.32. The highest BCUT2D eigenvalue weighted by Crippen LogP contribution is 2.22. The Morgan fingerprint density at radius 2 is 1.56 bits per heavy atom. The van der Waals surface area contributed by atoms with Crippen LogP contribution in [-0.2, 0) is 9.59 Å². The third kappa shape index (κ3) is 6.26. The molecule has 0 aliphatic carbocycles. The molecule has 0 fully saturated rings. The first kappa shape index (κ1) is 20.2. The van der Waals surface area contributed by atoms with Crippen molar-refractivity contribution in [2.75, 3.05) is 6.54 Å². The van der Waals surface area contributed by atoms with Crippen molar-refractivity contribution in [3.05, 3.63) is 71.8 Å². The molecular weight excluding hydrogens is 344 g/mol. The average Bonchev–Trinajstić information content (AvgIpc) is 2.70. The number of carbonyl (C=O) groups excluding carboxylic acids is 2. The Hall–Kier alpha value is -3.15. The zero-order valence-electron chi connectivity index (χ0n) is 15.2. The molecule has 0 radical (unpaired) electrons. The molecule has 2 unspecified atom stereocenters. The van der Waals surface area contributed by atoms with Gasteiger partial charge in [-0.05, 0) is 31.0 Å². The predicted molar refractivity (Wildman–Crippen MR) is 102 cm³/mol. The van der Waals surface area contributed by atoms with Crippen molar-refractivity contribution in [3.8, 4) is 0 Å². The van der Waals surface area contributed by atoms with E-state index in [-0.39, 0.29) is 18.2 Å². The number of carbonyl (C=O) groups is 3. The second kappa shape index (κ2) is 10.1. The molecular formula is C21H24N2O4. The summed E-state index contributed by atoms with van der Waals surface area (Å²) in [7, 11) is 0. The van der Waals surface area contributed by atoms with Crippen LogP contribution in [-0.4, -0.2) is 29.4 Å². The molecule has 2 aromatic carbocycles. The number of carboxylic acids is 1. The fourth-order valence-corrected chi connectivity index (χ4v) is 2.69. The van der Waals surface area contributed by atoms with Crippen LogP contribution in [0.4, 0.5) is 0 Å². The Kier molecular flexibility index (Phi) is 7.55. The van der Waals surface area contributed by atoms with Gasteiger partial charge in [-0.1, -0.05) is 48.5 Å². The molecule has 2 aromatic rings. The predicted octanol–water partition coefficient (Wildman–Crippen LogP) is 2.77. The van der Waals surface area contributed by atoms with E-state index in [1.54, 1.807) is 43.3 Å². The van der Waals surface area contributed by atoms with E-state index in [1.807, 2.05) is 24.3 Å². The highest BCUT2D eigenvalue weighted by atomic mass is 16.4. The lowest BCUT2D eigenvalue weighted by atomic mass is 9.94. The first-order valence-corrected chi connectivity index (χ1v) is 8.89. The average molecular weight is 368 g/mol. The lowest BCUT2D eigenvalue weighted by molar-refractivity contribution is -0.142. The molecule has 0 saturated carbocycles. The fourth-order valence-electron chi connectivity index (χ4n) is 2.69. The third-order valence-electron chi connectivity index (χ3n) is 4.27. The van der Waals surface area contributed by atoms with Gasteiger partial charge in [0.25, 0.3) is 5.91 Å². The first-order chi connectivity index (χ1) is 13.0. The van der Waals surface area contributed by atoms with E-state index >= 15 is 0 Å². The van der Waals surface area contributed by atoms with E-state index in [4.69, 9.17) is 0 Å². The molecule has 3 N–H and O–H groups in total. The number of aliphatic carboxylic acids is 1. The fraction of sp³-hybridized carbons (Fsp3) is 0.286. The van der Waals surface area contributed by atoms with Gasteiger partial charge in [0.05, 0.1) is 12.0 Å². The van der Waals surface area contributed by atoms with Crippen LogP contribution >= 0.6 is 0 Å². The monoisotopic (exact) mass is 368 g/mol. The van der Waals surface area contributed by atoms with Crippen LogP contribution in [0, 0.1) is 5.92 Å². The van der Waals surface area contributed by atoms with E-state index < -0.39 is 17.9 Å². The Balaban J connectivity index is 1.83. The number of rotatable bonds is 9. The molecule has 0 aromatic heterocycles. The normalized spacial score (nSPS) is 12.6. The maximum Gasteiger partial charge on any atom is 0.308 e. The van der Waals surface area contributed by atoms with E-state index in [1.165, 1.54) is 0 Å². The second-order valence-electron chi connectivity index (χ2n) is 6.31. The van der Waals surface area contributed by atoms with E-state index in [2.05, 4.69) is 10.6 Å². The number of benzene rings is 2. The molecule has 0 spiro atoms. The van der Waals surface area contributed by atoms with Crippen molar-refractivity contribution >= 4 is 17.8 Å². The van der Waals surface area contributed by atoms with Gasteiger partial charge >= 0.3 is 5.97 Å². The Bertz CT molecular complexity index is 762. The summed E-state index contributed by atoms with van der Waals surface area (Å²) in [6.45, 7) is 1.94. The molecule has 2 atom stereocenters. The summed E-state index contributed by atoms with van der Waals surface area (Å²) in [4.78, 5) is 35.6. The summed E-state index contributed by atoms with van der Waals surface area (Å²) >= 11 is 0. The minimum Gasteiger partial charge on any atom is -0.481 e. The van der Waals surface area contributed by atoms with Gasteiger partial charge in [-0.15, -0.1) is 0 Å². The molecule has 0 aliphatic heterocycles. The van der Waals surface area contributed by atoms with Crippen LogP contribution in [0.3, 0.4) is 0 Å². The topological polar surface area (TPSA) is 95.5 Å². The quantitative estimate of drug-likeness (QED) is 0.593. The maximum atomic E-state index is 12.3. The minimum atomic E-state index is -0.973. The van der Waals surface area contributed by atoms with Gasteiger partial charge in [-0.25, -0.2) is 0 Å². The molecule has 142 valence electrons. The molecule has 6 nitrogen and oxygen atoms in total. The van der Waals surface area contributed by atoms with Crippen molar-refractivity contribution in [2.24, 2.45) is 5.92 Å². The highest BCUT2D eigenvalue weighted by Gasteiger charge is 2.26. The van der Waals surface area contributed by atoms with Gasteiger partial charge in [-0.3, -0.25) is 14.4 Å². The zero-order chi connectivity index (χ0) is 19.6. The highest BCUT2D eigenvalue weighted by molar-refractivity contribution is 5.94. The van der Waals surface area contributed by atoms with Crippen molar-refractivity contribution < 1.29 is 19.5 Å². The minimum absolute atomic E-state index is 0.183. The third-order valence-corrected chi connectivity index (χ3v) is 4.27. The summed E-state index contributed by atoms with van der Waals surface area (Å²) < 4.78 is 0. The molecule has 27 heavy (non-hydrogen) atoms. The van der Waals surface area contributed by atoms with Crippen LogP contribution in [0.1, 0.15) is 41.7 Å². The van der Waals surface area contributed by atoms with Gasteiger partial charge in [0.1, 0.15) is 0 Å². The van der Waals surface area contributed by atoms with E-state index in [0.29, 0.717) is 18.5 Å². The first-order valence-electron chi connectivity index (χ1n) is 8.89. The van der Waals surface area contributed by atoms with Gasteiger partial charge in [0, 0.05) is 18.5 Å². The van der Waals surface area contributed by atoms with E-state index in [9.17, 15) is 19.5 Å². The summed E-state index contributed by atoms with van der Waals surface area (Å²) in [5, 5.41) is 14.9. The molecule has 2 rings (SSSR count). The van der Waals surface area contributed by atoms with Crippen LogP contribution < -0.4 is 10.6 Å². The standard InChI is InChI=1S/C21H24N2O4/c1-15(21(26)27)19(16-9-4-2-5-10-16)23-18(24)13-8-14-22-20(25)17-11-6-3-7-12-17/h2-7,9-12,15,19H,8,13-14H2,1H3,(H,22,25)(H,23,24)(H,26,27). The summed E-state index contributed by atoms with van der Waals surface area (Å²) in [6.07, 6.45) is 0.665. The molecule has 2 amide bonds. The smallest absolute Gasteiger partial charge is 0.308 e. The van der Waals surface area contributed by atoms with Gasteiger partial charge in [0.15, 0.2) is 0 Å². The number of hydrogen-bond donors (Lipinski definition) is 3.